The summed E-state index contributed by atoms with van der Waals surface area (Å²) in [6.45, 7) is 11.3. The van der Waals surface area contributed by atoms with Crippen molar-refractivity contribution in [2.75, 3.05) is 13.2 Å². The molecule has 0 radical (unpaired) electrons. The molecule has 0 aromatic carbocycles. The molecular formula is C47H90O6. The zero-order valence-corrected chi connectivity index (χ0v) is 36.1. The maximum atomic E-state index is 12.7. The number of hydrogen-bond acceptors (Lipinski definition) is 6. The second-order valence-electron chi connectivity index (χ2n) is 16.8. The first-order valence-electron chi connectivity index (χ1n) is 23.3. The minimum Gasteiger partial charge on any atom is -0.462 e. The highest BCUT2D eigenvalue weighted by Gasteiger charge is 2.19. The molecular weight excluding hydrogens is 661 g/mol. The lowest BCUT2D eigenvalue weighted by molar-refractivity contribution is -0.167. The van der Waals surface area contributed by atoms with Crippen molar-refractivity contribution in [3.05, 3.63) is 0 Å². The summed E-state index contributed by atoms with van der Waals surface area (Å²) in [5.41, 5.74) is 0. The summed E-state index contributed by atoms with van der Waals surface area (Å²) in [6.07, 6.45) is 38.0. The van der Waals surface area contributed by atoms with Crippen LogP contribution in [0.15, 0.2) is 0 Å². The third-order valence-corrected chi connectivity index (χ3v) is 10.8. The minimum absolute atomic E-state index is 0.0659. The molecule has 0 saturated heterocycles. The molecule has 0 N–H and O–H groups in total. The van der Waals surface area contributed by atoms with Crippen LogP contribution in [0.1, 0.15) is 253 Å². The Labute approximate surface area is 329 Å². The van der Waals surface area contributed by atoms with Gasteiger partial charge in [0.15, 0.2) is 6.10 Å². The average molecular weight is 751 g/mol. The van der Waals surface area contributed by atoms with E-state index in [0.29, 0.717) is 19.3 Å². The van der Waals surface area contributed by atoms with Crippen LogP contribution in [0.25, 0.3) is 0 Å². The zero-order valence-electron chi connectivity index (χ0n) is 36.1. The number of hydrogen-bond donors (Lipinski definition) is 0. The van der Waals surface area contributed by atoms with Gasteiger partial charge in [-0.25, -0.2) is 0 Å². The highest BCUT2D eigenvalue weighted by molar-refractivity contribution is 5.71. The van der Waals surface area contributed by atoms with Crippen LogP contribution in [-0.4, -0.2) is 37.2 Å². The van der Waals surface area contributed by atoms with Crippen LogP contribution in [0, 0.1) is 11.8 Å². The quantitative estimate of drug-likeness (QED) is 0.0352. The molecule has 0 heterocycles. The predicted octanol–water partition coefficient (Wildman–Crippen LogP) is 14.6. The van der Waals surface area contributed by atoms with Crippen LogP contribution in [-0.2, 0) is 28.6 Å². The first-order chi connectivity index (χ1) is 25.8. The van der Waals surface area contributed by atoms with Gasteiger partial charge in [-0.05, 0) is 31.1 Å². The lowest BCUT2D eigenvalue weighted by Gasteiger charge is -2.18. The Morgan fingerprint density at radius 3 is 1.08 bits per heavy atom. The molecule has 2 atom stereocenters. The van der Waals surface area contributed by atoms with E-state index in [0.717, 1.165) is 69.6 Å². The Hall–Kier alpha value is -1.59. The van der Waals surface area contributed by atoms with Crippen molar-refractivity contribution in [1.29, 1.82) is 0 Å². The SMILES string of the molecule is CCCCCCCCCCCCCCCCC(=O)O[C@H](COC(=O)CCCCCCCCCCC(C)C)COC(=O)CCCCCCCCC(C)CC. The van der Waals surface area contributed by atoms with Crippen molar-refractivity contribution in [2.24, 2.45) is 11.8 Å². The monoisotopic (exact) mass is 751 g/mol. The molecule has 6 nitrogen and oxygen atoms in total. The topological polar surface area (TPSA) is 78.9 Å². The van der Waals surface area contributed by atoms with Gasteiger partial charge in [-0.3, -0.25) is 14.4 Å². The van der Waals surface area contributed by atoms with E-state index in [1.807, 2.05) is 0 Å². The van der Waals surface area contributed by atoms with E-state index >= 15 is 0 Å². The molecule has 0 bridgehead atoms. The Morgan fingerprint density at radius 1 is 0.396 bits per heavy atom. The molecule has 0 aliphatic rings. The van der Waals surface area contributed by atoms with Gasteiger partial charge in [0.2, 0.25) is 0 Å². The third-order valence-electron chi connectivity index (χ3n) is 10.8. The van der Waals surface area contributed by atoms with Crippen LogP contribution >= 0.6 is 0 Å². The number of carbonyl (C=O) groups excluding carboxylic acids is 3. The van der Waals surface area contributed by atoms with Crippen LogP contribution in [0.2, 0.25) is 0 Å². The summed E-state index contributed by atoms with van der Waals surface area (Å²) < 4.78 is 16.7. The van der Waals surface area contributed by atoms with Crippen molar-refractivity contribution >= 4 is 17.9 Å². The van der Waals surface area contributed by atoms with Gasteiger partial charge >= 0.3 is 17.9 Å². The molecule has 0 saturated carbocycles. The summed E-state index contributed by atoms with van der Waals surface area (Å²) in [5.74, 6) is 0.751. The predicted molar refractivity (Wildman–Crippen MR) is 224 cm³/mol. The van der Waals surface area contributed by atoms with E-state index in [1.54, 1.807) is 0 Å². The molecule has 0 aliphatic carbocycles. The standard InChI is InChI=1S/C47H90O6/c1-6-8-9-10-11-12-13-14-15-16-17-22-29-34-39-47(50)53-44(41-52-46(49)38-33-28-24-23-26-31-36-43(5)7-2)40-51-45(48)37-32-27-21-19-18-20-25-30-35-42(3)4/h42-44H,6-41H2,1-5H3/t43?,44-/m1/s1. The smallest absolute Gasteiger partial charge is 0.306 e. The van der Waals surface area contributed by atoms with Crippen LogP contribution in [0.3, 0.4) is 0 Å². The van der Waals surface area contributed by atoms with E-state index in [-0.39, 0.29) is 31.1 Å². The van der Waals surface area contributed by atoms with Crippen LogP contribution in [0.5, 0.6) is 0 Å². The normalized spacial score (nSPS) is 12.6. The van der Waals surface area contributed by atoms with Crippen molar-refractivity contribution in [2.45, 2.75) is 259 Å². The fourth-order valence-electron chi connectivity index (χ4n) is 6.90. The van der Waals surface area contributed by atoms with E-state index in [1.165, 1.54) is 141 Å². The highest BCUT2D eigenvalue weighted by Crippen LogP contribution is 2.17. The summed E-state index contributed by atoms with van der Waals surface area (Å²) in [5, 5.41) is 0. The Balaban J connectivity index is 4.34. The lowest BCUT2D eigenvalue weighted by Crippen LogP contribution is -2.30. The zero-order chi connectivity index (χ0) is 39.0. The Bertz CT molecular complexity index is 811. The van der Waals surface area contributed by atoms with Gasteiger partial charge in [-0.15, -0.1) is 0 Å². The van der Waals surface area contributed by atoms with Gasteiger partial charge in [0.05, 0.1) is 0 Å². The fourth-order valence-corrected chi connectivity index (χ4v) is 6.90. The number of ether oxygens (including phenoxy) is 3. The summed E-state index contributed by atoms with van der Waals surface area (Å²) in [6, 6.07) is 0. The first kappa shape index (κ1) is 51.4. The van der Waals surface area contributed by atoms with Gasteiger partial charge < -0.3 is 14.2 Å². The summed E-state index contributed by atoms with van der Waals surface area (Å²) >= 11 is 0. The van der Waals surface area contributed by atoms with Gasteiger partial charge in [-0.2, -0.15) is 0 Å². The van der Waals surface area contributed by atoms with E-state index in [2.05, 4.69) is 34.6 Å². The first-order valence-corrected chi connectivity index (χ1v) is 23.3. The van der Waals surface area contributed by atoms with Crippen molar-refractivity contribution in [3.63, 3.8) is 0 Å². The Morgan fingerprint density at radius 2 is 0.717 bits per heavy atom. The maximum absolute atomic E-state index is 12.7. The molecule has 314 valence electrons. The number of esters is 3. The maximum Gasteiger partial charge on any atom is 0.306 e. The van der Waals surface area contributed by atoms with Gasteiger partial charge in [0.25, 0.3) is 0 Å². The molecule has 1 unspecified atom stereocenters. The molecule has 0 aromatic heterocycles. The fraction of sp³-hybridized carbons (Fsp3) is 0.936. The molecule has 0 spiro atoms. The number of carbonyl (C=O) groups is 3. The van der Waals surface area contributed by atoms with Crippen LogP contribution in [0.4, 0.5) is 0 Å². The lowest BCUT2D eigenvalue weighted by atomic mass is 10.00. The molecule has 6 heteroatoms. The molecule has 0 aromatic rings. The molecule has 53 heavy (non-hydrogen) atoms. The van der Waals surface area contributed by atoms with E-state index in [4.69, 9.17) is 14.2 Å². The molecule has 0 rings (SSSR count). The van der Waals surface area contributed by atoms with Gasteiger partial charge in [-0.1, -0.05) is 214 Å². The minimum atomic E-state index is -0.761. The highest BCUT2D eigenvalue weighted by atomic mass is 16.6. The van der Waals surface area contributed by atoms with Gasteiger partial charge in [0, 0.05) is 19.3 Å². The van der Waals surface area contributed by atoms with Crippen molar-refractivity contribution < 1.29 is 28.6 Å². The van der Waals surface area contributed by atoms with Crippen LogP contribution < -0.4 is 0 Å². The second-order valence-corrected chi connectivity index (χ2v) is 16.8. The van der Waals surface area contributed by atoms with Crippen molar-refractivity contribution in [1.82, 2.24) is 0 Å². The van der Waals surface area contributed by atoms with Crippen molar-refractivity contribution in [3.8, 4) is 0 Å². The summed E-state index contributed by atoms with van der Waals surface area (Å²) in [7, 11) is 0. The van der Waals surface area contributed by atoms with E-state index in [9.17, 15) is 14.4 Å². The number of unbranched alkanes of at least 4 members (excludes halogenated alkanes) is 25. The second kappa shape index (κ2) is 40.1. The molecule has 0 fully saturated rings. The third kappa shape index (κ3) is 39.9. The summed E-state index contributed by atoms with van der Waals surface area (Å²) in [4.78, 5) is 37.7. The largest absolute Gasteiger partial charge is 0.462 e. The average Bonchev–Trinajstić information content (AvgIpc) is 3.14. The Kier molecular flexibility index (Phi) is 38.9. The molecule has 0 amide bonds. The van der Waals surface area contributed by atoms with E-state index < -0.39 is 6.10 Å². The molecule has 0 aliphatic heterocycles. The van der Waals surface area contributed by atoms with Gasteiger partial charge in [0.1, 0.15) is 13.2 Å². The number of rotatable bonds is 41.